The highest BCUT2D eigenvalue weighted by Crippen LogP contribution is 2.30. The van der Waals surface area contributed by atoms with Gasteiger partial charge in [-0.1, -0.05) is 23.7 Å². The minimum Gasteiger partial charge on any atom is -0.486 e. The van der Waals surface area contributed by atoms with Crippen molar-refractivity contribution in [2.75, 3.05) is 13.2 Å². The predicted molar refractivity (Wildman–Crippen MR) is 98.5 cm³/mol. The highest BCUT2D eigenvalue weighted by molar-refractivity contribution is 6.31. The van der Waals surface area contributed by atoms with E-state index in [9.17, 15) is 4.79 Å². The van der Waals surface area contributed by atoms with Gasteiger partial charge in [-0.3, -0.25) is 9.20 Å². The number of rotatable bonds is 4. The average molecular weight is 370 g/mol. The van der Waals surface area contributed by atoms with Gasteiger partial charge in [-0.2, -0.15) is 0 Å². The Hall–Kier alpha value is -2.99. The molecule has 7 heteroatoms. The van der Waals surface area contributed by atoms with Crippen molar-refractivity contribution in [1.82, 2.24) is 14.7 Å². The molecule has 0 atom stereocenters. The zero-order valence-corrected chi connectivity index (χ0v) is 14.6. The molecule has 0 spiro atoms. The van der Waals surface area contributed by atoms with Crippen molar-refractivity contribution in [3.05, 3.63) is 65.1 Å². The van der Waals surface area contributed by atoms with E-state index in [4.69, 9.17) is 21.1 Å². The van der Waals surface area contributed by atoms with Crippen LogP contribution in [0.25, 0.3) is 11.7 Å². The maximum atomic E-state index is 12.1. The number of ether oxygens (including phenoxy) is 2. The fourth-order valence-corrected chi connectivity index (χ4v) is 2.98. The Kier molecular flexibility index (Phi) is 4.50. The summed E-state index contributed by atoms with van der Waals surface area (Å²) < 4.78 is 12.9. The van der Waals surface area contributed by atoms with Crippen molar-refractivity contribution < 1.29 is 14.3 Å². The van der Waals surface area contributed by atoms with Crippen LogP contribution < -0.4 is 14.8 Å². The summed E-state index contributed by atoms with van der Waals surface area (Å²) in [6.07, 6.45) is 4.95. The van der Waals surface area contributed by atoms with E-state index in [1.54, 1.807) is 6.08 Å². The Labute approximate surface area is 155 Å². The molecule has 1 aromatic carbocycles. The number of amides is 1. The molecule has 1 N–H and O–H groups in total. The lowest BCUT2D eigenvalue weighted by Gasteiger charge is -2.18. The van der Waals surface area contributed by atoms with Crippen LogP contribution >= 0.6 is 11.6 Å². The molecule has 4 rings (SSSR count). The summed E-state index contributed by atoms with van der Waals surface area (Å²) >= 11 is 6.15. The molecule has 3 aromatic rings. The van der Waals surface area contributed by atoms with Crippen molar-refractivity contribution in [2.24, 2.45) is 0 Å². The van der Waals surface area contributed by atoms with Gasteiger partial charge < -0.3 is 14.8 Å². The van der Waals surface area contributed by atoms with Gasteiger partial charge in [-0.15, -0.1) is 0 Å². The number of carbonyl (C=O) groups excluding carboxylic acids is 1. The number of carbonyl (C=O) groups is 1. The Balaban J connectivity index is 1.42. The lowest BCUT2D eigenvalue weighted by atomic mass is 10.2. The molecule has 0 radical (unpaired) electrons. The molecule has 6 nitrogen and oxygen atoms in total. The van der Waals surface area contributed by atoms with Crippen LogP contribution in [0.1, 0.15) is 11.3 Å². The number of nitrogens with one attached hydrogen (secondary N) is 1. The van der Waals surface area contributed by atoms with Gasteiger partial charge in [0.1, 0.15) is 18.9 Å². The number of hydrogen-bond donors (Lipinski definition) is 1. The second-order valence-electron chi connectivity index (χ2n) is 5.75. The summed E-state index contributed by atoms with van der Waals surface area (Å²) in [5.74, 6) is 1.21. The SMILES string of the molecule is O=C(/C=C/c1c(Cl)nc2ccccn12)NCc1ccc2c(c1)OCCO2. The van der Waals surface area contributed by atoms with Crippen molar-refractivity contribution in [3.63, 3.8) is 0 Å². The maximum absolute atomic E-state index is 12.1. The zero-order chi connectivity index (χ0) is 17.9. The maximum Gasteiger partial charge on any atom is 0.244 e. The van der Waals surface area contributed by atoms with Crippen LogP contribution in [-0.2, 0) is 11.3 Å². The van der Waals surface area contributed by atoms with Crippen molar-refractivity contribution in [3.8, 4) is 11.5 Å². The number of aromatic nitrogens is 2. The number of nitrogens with zero attached hydrogens (tertiary/aromatic N) is 2. The van der Waals surface area contributed by atoms with Crippen LogP contribution in [0.15, 0.2) is 48.7 Å². The molecule has 1 amide bonds. The Morgan fingerprint density at radius 2 is 2.08 bits per heavy atom. The molecule has 2 aromatic heterocycles. The van der Waals surface area contributed by atoms with E-state index in [0.717, 1.165) is 17.0 Å². The molecule has 1 aliphatic heterocycles. The third-order valence-electron chi connectivity index (χ3n) is 3.99. The van der Waals surface area contributed by atoms with Crippen LogP contribution in [0.5, 0.6) is 11.5 Å². The zero-order valence-electron chi connectivity index (χ0n) is 13.8. The smallest absolute Gasteiger partial charge is 0.244 e. The molecule has 0 unspecified atom stereocenters. The van der Waals surface area contributed by atoms with Gasteiger partial charge in [0, 0.05) is 18.8 Å². The first kappa shape index (κ1) is 16.5. The van der Waals surface area contributed by atoms with Crippen molar-refractivity contribution >= 4 is 29.2 Å². The quantitative estimate of drug-likeness (QED) is 0.718. The third kappa shape index (κ3) is 3.36. The summed E-state index contributed by atoms with van der Waals surface area (Å²) in [4.78, 5) is 16.4. The Morgan fingerprint density at radius 3 is 2.96 bits per heavy atom. The number of benzene rings is 1. The van der Waals surface area contributed by atoms with Gasteiger partial charge in [0.15, 0.2) is 16.7 Å². The minimum atomic E-state index is -0.221. The number of hydrogen-bond acceptors (Lipinski definition) is 4. The van der Waals surface area contributed by atoms with E-state index in [0.29, 0.717) is 36.4 Å². The van der Waals surface area contributed by atoms with E-state index in [-0.39, 0.29) is 5.91 Å². The largest absolute Gasteiger partial charge is 0.486 e. The first-order valence-corrected chi connectivity index (χ1v) is 8.55. The molecule has 132 valence electrons. The number of pyridine rings is 1. The molecule has 26 heavy (non-hydrogen) atoms. The van der Waals surface area contributed by atoms with E-state index in [1.165, 1.54) is 6.08 Å². The van der Waals surface area contributed by atoms with Crippen LogP contribution in [0.3, 0.4) is 0 Å². The fourth-order valence-electron chi connectivity index (χ4n) is 2.74. The second-order valence-corrected chi connectivity index (χ2v) is 6.10. The number of fused-ring (bicyclic) bond motifs is 2. The van der Waals surface area contributed by atoms with Crippen LogP contribution in [0.4, 0.5) is 0 Å². The van der Waals surface area contributed by atoms with E-state index in [1.807, 2.05) is 47.0 Å². The number of imidazole rings is 1. The minimum absolute atomic E-state index is 0.221. The molecule has 0 aliphatic carbocycles. The van der Waals surface area contributed by atoms with Crippen LogP contribution in [-0.4, -0.2) is 28.5 Å². The molecular formula is C19H16ClN3O3. The Bertz CT molecular complexity index is 997. The third-order valence-corrected chi connectivity index (χ3v) is 4.27. The first-order chi connectivity index (χ1) is 12.7. The lowest BCUT2D eigenvalue weighted by molar-refractivity contribution is -0.116. The summed E-state index contributed by atoms with van der Waals surface area (Å²) in [5, 5.41) is 3.19. The van der Waals surface area contributed by atoms with E-state index in [2.05, 4.69) is 10.3 Å². The van der Waals surface area contributed by atoms with Gasteiger partial charge in [0.25, 0.3) is 0 Å². The molecular weight excluding hydrogens is 354 g/mol. The molecule has 0 saturated carbocycles. The molecule has 0 fully saturated rings. The number of halogens is 1. The van der Waals surface area contributed by atoms with Crippen LogP contribution in [0.2, 0.25) is 5.15 Å². The highest BCUT2D eigenvalue weighted by Gasteiger charge is 2.12. The van der Waals surface area contributed by atoms with E-state index >= 15 is 0 Å². The highest BCUT2D eigenvalue weighted by atomic mass is 35.5. The average Bonchev–Trinajstić information content (AvgIpc) is 2.99. The van der Waals surface area contributed by atoms with Gasteiger partial charge in [0.2, 0.25) is 5.91 Å². The van der Waals surface area contributed by atoms with E-state index < -0.39 is 0 Å². The summed E-state index contributed by atoms with van der Waals surface area (Å²) in [6, 6.07) is 11.2. The first-order valence-electron chi connectivity index (χ1n) is 8.18. The van der Waals surface area contributed by atoms with Crippen molar-refractivity contribution in [1.29, 1.82) is 0 Å². The van der Waals surface area contributed by atoms with Gasteiger partial charge >= 0.3 is 0 Å². The molecule has 1 aliphatic rings. The Morgan fingerprint density at radius 1 is 1.23 bits per heavy atom. The summed E-state index contributed by atoms with van der Waals surface area (Å²) in [7, 11) is 0. The van der Waals surface area contributed by atoms with Crippen LogP contribution in [0, 0.1) is 0 Å². The monoisotopic (exact) mass is 369 g/mol. The van der Waals surface area contributed by atoms with Gasteiger partial charge in [-0.05, 0) is 35.9 Å². The molecule has 0 saturated heterocycles. The standard InChI is InChI=1S/C19H16ClN3O3/c20-19-14(23-8-2-1-3-17(23)22-19)5-7-18(24)21-12-13-4-6-15-16(11-13)26-10-9-25-15/h1-8,11H,9-10,12H2,(H,21,24)/b7-5+. The topological polar surface area (TPSA) is 64.9 Å². The van der Waals surface area contributed by atoms with Gasteiger partial charge in [-0.25, -0.2) is 4.98 Å². The fraction of sp³-hybridized carbons (Fsp3) is 0.158. The second kappa shape index (κ2) is 7.09. The lowest BCUT2D eigenvalue weighted by Crippen LogP contribution is -2.21. The van der Waals surface area contributed by atoms with Gasteiger partial charge in [0.05, 0.1) is 5.69 Å². The predicted octanol–water partition coefficient (Wildman–Crippen LogP) is 3.09. The molecule has 0 bridgehead atoms. The molecule has 3 heterocycles. The normalized spacial score (nSPS) is 13.3. The summed E-state index contributed by atoms with van der Waals surface area (Å²) in [6.45, 7) is 1.48. The van der Waals surface area contributed by atoms with Crippen molar-refractivity contribution in [2.45, 2.75) is 6.54 Å². The summed E-state index contributed by atoms with van der Waals surface area (Å²) in [5.41, 5.74) is 2.33.